The lowest BCUT2D eigenvalue weighted by atomic mass is 10.0. The number of aliphatic hydroxyl groups is 1. The standard InChI is InChI=1S/C13H19BrN2O3S/c1-16(9-13(17)6-2-3-7-13)20(18,19)10-4-5-11(14)12(15)8-10/h4-5,8,17H,2-3,6-7,9,15H2,1H3. The van der Waals surface area contributed by atoms with Gasteiger partial charge in [0, 0.05) is 23.8 Å². The fourth-order valence-electron chi connectivity index (χ4n) is 2.55. The van der Waals surface area contributed by atoms with Gasteiger partial charge in [0.25, 0.3) is 0 Å². The largest absolute Gasteiger partial charge is 0.398 e. The molecule has 0 heterocycles. The maximum Gasteiger partial charge on any atom is 0.242 e. The highest BCUT2D eigenvalue weighted by atomic mass is 79.9. The molecule has 1 aliphatic carbocycles. The molecule has 1 fully saturated rings. The SMILES string of the molecule is CN(CC1(O)CCCC1)S(=O)(=O)c1ccc(Br)c(N)c1. The van der Waals surface area contributed by atoms with Crippen LogP contribution in [0.1, 0.15) is 25.7 Å². The molecular weight excluding hydrogens is 344 g/mol. The molecule has 0 radical (unpaired) electrons. The van der Waals surface area contributed by atoms with E-state index in [-0.39, 0.29) is 11.4 Å². The zero-order chi connectivity index (χ0) is 15.0. The highest BCUT2D eigenvalue weighted by Gasteiger charge is 2.35. The molecule has 1 saturated carbocycles. The monoisotopic (exact) mass is 362 g/mol. The van der Waals surface area contributed by atoms with E-state index in [9.17, 15) is 13.5 Å². The number of halogens is 1. The molecule has 0 amide bonds. The van der Waals surface area contributed by atoms with Gasteiger partial charge >= 0.3 is 0 Å². The van der Waals surface area contributed by atoms with Crippen LogP contribution in [0.2, 0.25) is 0 Å². The van der Waals surface area contributed by atoms with Crippen LogP contribution in [0.4, 0.5) is 5.69 Å². The average Bonchev–Trinajstić information content (AvgIpc) is 2.79. The molecule has 0 aliphatic heterocycles. The molecule has 0 saturated heterocycles. The molecule has 0 bridgehead atoms. The van der Waals surface area contributed by atoms with Crippen molar-refractivity contribution in [3.63, 3.8) is 0 Å². The Kier molecular flexibility index (Phi) is 4.44. The maximum absolute atomic E-state index is 12.5. The van der Waals surface area contributed by atoms with Crippen molar-refractivity contribution in [2.24, 2.45) is 0 Å². The third kappa shape index (κ3) is 3.16. The Labute approximate surface area is 128 Å². The van der Waals surface area contributed by atoms with E-state index in [1.165, 1.54) is 23.5 Å². The fourth-order valence-corrected chi connectivity index (χ4v) is 4.09. The van der Waals surface area contributed by atoms with Gasteiger partial charge in [0.2, 0.25) is 10.0 Å². The molecular formula is C13H19BrN2O3S. The van der Waals surface area contributed by atoms with E-state index < -0.39 is 15.6 Å². The van der Waals surface area contributed by atoms with Gasteiger partial charge in [-0.2, -0.15) is 4.31 Å². The van der Waals surface area contributed by atoms with Gasteiger partial charge in [-0.15, -0.1) is 0 Å². The van der Waals surface area contributed by atoms with E-state index >= 15 is 0 Å². The van der Waals surface area contributed by atoms with E-state index in [4.69, 9.17) is 5.73 Å². The molecule has 0 aromatic heterocycles. The lowest BCUT2D eigenvalue weighted by Crippen LogP contribution is -2.41. The molecule has 5 nitrogen and oxygen atoms in total. The van der Waals surface area contributed by atoms with Crippen molar-refractivity contribution in [3.05, 3.63) is 22.7 Å². The van der Waals surface area contributed by atoms with Crippen molar-refractivity contribution in [1.82, 2.24) is 4.31 Å². The molecule has 1 aromatic rings. The van der Waals surface area contributed by atoms with Gasteiger partial charge in [0.05, 0.1) is 10.5 Å². The number of nitrogens with zero attached hydrogens (tertiary/aromatic N) is 1. The number of hydrogen-bond acceptors (Lipinski definition) is 4. The quantitative estimate of drug-likeness (QED) is 0.801. The van der Waals surface area contributed by atoms with Gasteiger partial charge in [0.15, 0.2) is 0 Å². The van der Waals surface area contributed by atoms with E-state index in [0.717, 1.165) is 12.8 Å². The third-order valence-electron chi connectivity index (χ3n) is 3.73. The summed E-state index contributed by atoms with van der Waals surface area (Å²) in [7, 11) is -2.14. The van der Waals surface area contributed by atoms with E-state index in [2.05, 4.69) is 15.9 Å². The highest BCUT2D eigenvalue weighted by molar-refractivity contribution is 9.10. The Morgan fingerprint density at radius 2 is 2.00 bits per heavy atom. The lowest BCUT2D eigenvalue weighted by molar-refractivity contribution is 0.0333. The molecule has 112 valence electrons. The Balaban J connectivity index is 2.22. The summed E-state index contributed by atoms with van der Waals surface area (Å²) in [4.78, 5) is 0.141. The average molecular weight is 363 g/mol. The number of anilines is 1. The first-order valence-corrected chi connectivity index (χ1v) is 8.72. The second kappa shape index (κ2) is 5.63. The minimum absolute atomic E-state index is 0.116. The first kappa shape index (κ1) is 15.8. The molecule has 0 spiro atoms. The Morgan fingerprint density at radius 3 is 2.55 bits per heavy atom. The molecule has 0 atom stereocenters. The van der Waals surface area contributed by atoms with Gasteiger partial charge < -0.3 is 10.8 Å². The van der Waals surface area contributed by atoms with E-state index in [0.29, 0.717) is 23.0 Å². The van der Waals surface area contributed by atoms with E-state index in [1.807, 2.05) is 0 Å². The highest BCUT2D eigenvalue weighted by Crippen LogP contribution is 2.32. The molecule has 1 aliphatic rings. The third-order valence-corrected chi connectivity index (χ3v) is 6.25. The molecule has 0 unspecified atom stereocenters. The van der Waals surface area contributed by atoms with Crippen molar-refractivity contribution in [3.8, 4) is 0 Å². The number of sulfonamides is 1. The van der Waals surface area contributed by atoms with Crippen molar-refractivity contribution in [2.45, 2.75) is 36.2 Å². The van der Waals surface area contributed by atoms with Crippen LogP contribution in [0.5, 0.6) is 0 Å². The maximum atomic E-state index is 12.5. The molecule has 2 rings (SSSR count). The summed E-state index contributed by atoms with van der Waals surface area (Å²) in [5.74, 6) is 0. The number of nitrogen functional groups attached to an aromatic ring is 1. The smallest absolute Gasteiger partial charge is 0.242 e. The van der Waals surface area contributed by atoms with Crippen LogP contribution in [0.3, 0.4) is 0 Å². The summed E-state index contributed by atoms with van der Waals surface area (Å²) >= 11 is 3.24. The van der Waals surface area contributed by atoms with Crippen molar-refractivity contribution < 1.29 is 13.5 Å². The van der Waals surface area contributed by atoms with Gasteiger partial charge in [0.1, 0.15) is 0 Å². The first-order chi connectivity index (χ1) is 9.24. The van der Waals surface area contributed by atoms with Crippen molar-refractivity contribution >= 4 is 31.6 Å². The van der Waals surface area contributed by atoms with Crippen molar-refractivity contribution in [2.75, 3.05) is 19.3 Å². The molecule has 7 heteroatoms. The Hall–Kier alpha value is -0.630. The number of rotatable bonds is 4. The first-order valence-electron chi connectivity index (χ1n) is 6.48. The Morgan fingerprint density at radius 1 is 1.40 bits per heavy atom. The van der Waals surface area contributed by atoms with Crippen LogP contribution >= 0.6 is 15.9 Å². The zero-order valence-corrected chi connectivity index (χ0v) is 13.7. The van der Waals surface area contributed by atoms with Gasteiger partial charge in [-0.25, -0.2) is 8.42 Å². The molecule has 1 aromatic carbocycles. The van der Waals surface area contributed by atoms with Gasteiger partial charge in [-0.1, -0.05) is 12.8 Å². The van der Waals surface area contributed by atoms with Crippen LogP contribution in [0.15, 0.2) is 27.6 Å². The normalized spacial score (nSPS) is 18.6. The van der Waals surface area contributed by atoms with Crippen LogP contribution < -0.4 is 5.73 Å². The predicted octanol–water partition coefficient (Wildman–Crippen LogP) is 1.96. The number of likely N-dealkylation sites (N-methyl/N-ethyl adjacent to an activating group) is 1. The second-order valence-corrected chi connectivity index (χ2v) is 8.28. The summed E-state index contributed by atoms with van der Waals surface area (Å²) in [5, 5.41) is 10.3. The van der Waals surface area contributed by atoms with Gasteiger partial charge in [-0.05, 0) is 47.0 Å². The zero-order valence-electron chi connectivity index (χ0n) is 11.3. The topological polar surface area (TPSA) is 83.6 Å². The molecule has 20 heavy (non-hydrogen) atoms. The number of nitrogens with two attached hydrogens (primary N) is 1. The molecule has 3 N–H and O–H groups in total. The summed E-state index contributed by atoms with van der Waals surface area (Å²) in [6.45, 7) is 0.116. The summed E-state index contributed by atoms with van der Waals surface area (Å²) in [6, 6.07) is 4.54. The van der Waals surface area contributed by atoms with Crippen molar-refractivity contribution in [1.29, 1.82) is 0 Å². The lowest BCUT2D eigenvalue weighted by Gasteiger charge is -2.28. The minimum atomic E-state index is -3.63. The minimum Gasteiger partial charge on any atom is -0.398 e. The second-order valence-electron chi connectivity index (χ2n) is 5.38. The summed E-state index contributed by atoms with van der Waals surface area (Å²) in [5.41, 5.74) is 5.20. The van der Waals surface area contributed by atoms with Crippen LogP contribution in [-0.2, 0) is 10.0 Å². The predicted molar refractivity (Wildman–Crippen MR) is 81.8 cm³/mol. The fraction of sp³-hybridized carbons (Fsp3) is 0.538. The Bertz CT molecular complexity index is 598. The van der Waals surface area contributed by atoms with Crippen LogP contribution in [0, 0.1) is 0 Å². The summed E-state index contributed by atoms with van der Waals surface area (Å²) in [6.07, 6.45) is 3.18. The van der Waals surface area contributed by atoms with Crippen LogP contribution in [0.25, 0.3) is 0 Å². The van der Waals surface area contributed by atoms with E-state index in [1.54, 1.807) is 6.07 Å². The van der Waals surface area contributed by atoms with Gasteiger partial charge in [-0.3, -0.25) is 0 Å². The number of benzene rings is 1. The number of hydrogen-bond donors (Lipinski definition) is 2. The summed E-state index contributed by atoms with van der Waals surface area (Å²) < 4.78 is 26.8. The van der Waals surface area contributed by atoms with Crippen LogP contribution in [-0.4, -0.2) is 37.0 Å².